The zero-order valence-electron chi connectivity index (χ0n) is 13.9. The summed E-state index contributed by atoms with van der Waals surface area (Å²) in [6, 6.07) is 3.56. The van der Waals surface area contributed by atoms with Crippen molar-refractivity contribution in [2.75, 3.05) is 26.2 Å². The molecular formula is C18H22ClF3N2O. The Hall–Kier alpha value is -1.53. The Morgan fingerprint density at radius 2 is 1.96 bits per heavy atom. The maximum atomic E-state index is 12.8. The molecule has 7 heteroatoms. The number of likely N-dealkylation sites (tertiary alicyclic amines) is 1. The Morgan fingerprint density at radius 1 is 1.24 bits per heavy atom. The maximum Gasteiger partial charge on any atom is 0.417 e. The van der Waals surface area contributed by atoms with Crippen LogP contribution in [0.2, 0.25) is 5.02 Å². The van der Waals surface area contributed by atoms with Crippen molar-refractivity contribution in [1.29, 1.82) is 0 Å². The molecule has 0 unspecified atom stereocenters. The van der Waals surface area contributed by atoms with Crippen LogP contribution in [0.4, 0.5) is 13.2 Å². The minimum Gasteiger partial charge on any atom is -0.353 e. The van der Waals surface area contributed by atoms with Crippen molar-refractivity contribution < 1.29 is 18.0 Å². The van der Waals surface area contributed by atoms with E-state index >= 15 is 0 Å². The van der Waals surface area contributed by atoms with E-state index in [1.165, 1.54) is 43.5 Å². The molecule has 1 amide bonds. The van der Waals surface area contributed by atoms with Crippen LogP contribution in [0.3, 0.4) is 0 Å². The molecule has 1 fully saturated rings. The van der Waals surface area contributed by atoms with Crippen LogP contribution in [0.5, 0.6) is 0 Å². The highest BCUT2D eigenvalue weighted by Crippen LogP contribution is 2.35. The number of nitrogens with one attached hydrogen (secondary N) is 1. The summed E-state index contributed by atoms with van der Waals surface area (Å²) in [6.07, 6.45) is 2.69. The third-order valence-corrected chi connectivity index (χ3v) is 4.45. The van der Waals surface area contributed by atoms with Crippen LogP contribution in [-0.4, -0.2) is 37.0 Å². The second-order valence-corrected chi connectivity index (χ2v) is 6.52. The lowest BCUT2D eigenvalue weighted by molar-refractivity contribution is -0.137. The first-order valence-electron chi connectivity index (χ1n) is 8.41. The topological polar surface area (TPSA) is 32.3 Å². The zero-order valence-corrected chi connectivity index (χ0v) is 14.7. The number of rotatable bonds is 6. The number of benzene rings is 1. The molecule has 0 spiro atoms. The van der Waals surface area contributed by atoms with E-state index in [2.05, 4.69) is 10.2 Å². The van der Waals surface area contributed by atoms with Crippen molar-refractivity contribution in [3.63, 3.8) is 0 Å². The quantitative estimate of drug-likeness (QED) is 0.592. The summed E-state index contributed by atoms with van der Waals surface area (Å²) in [6.45, 7) is 3.74. The van der Waals surface area contributed by atoms with Crippen LogP contribution < -0.4 is 5.32 Å². The van der Waals surface area contributed by atoms with Crippen molar-refractivity contribution >= 4 is 23.6 Å². The molecule has 3 nitrogen and oxygen atoms in total. The van der Waals surface area contributed by atoms with Crippen molar-refractivity contribution in [1.82, 2.24) is 10.2 Å². The molecule has 1 aliphatic rings. The van der Waals surface area contributed by atoms with Gasteiger partial charge in [-0.05, 0) is 62.7 Å². The van der Waals surface area contributed by atoms with E-state index in [1.54, 1.807) is 0 Å². The molecule has 1 aliphatic heterocycles. The summed E-state index contributed by atoms with van der Waals surface area (Å²) in [5, 5.41) is 2.39. The highest BCUT2D eigenvalue weighted by atomic mass is 35.5. The lowest BCUT2D eigenvalue weighted by Gasteiger charge is -2.26. The fourth-order valence-electron chi connectivity index (χ4n) is 2.79. The first-order valence-corrected chi connectivity index (χ1v) is 8.79. The van der Waals surface area contributed by atoms with Crippen molar-refractivity contribution in [2.24, 2.45) is 0 Å². The minimum atomic E-state index is -4.52. The standard InChI is InChI=1S/C18H22ClF3N2O/c19-16-7-5-14(13-15(16)18(20,21)22)6-8-17(25)23-9-4-12-24-10-2-1-3-11-24/h5-8,13H,1-4,9-12H2,(H,23,25)/b8-6+. The SMILES string of the molecule is O=C(/C=C/c1ccc(Cl)c(C(F)(F)F)c1)NCCCN1CCCCC1. The summed E-state index contributed by atoms with van der Waals surface area (Å²) in [7, 11) is 0. The second-order valence-electron chi connectivity index (χ2n) is 6.12. The first-order chi connectivity index (χ1) is 11.9. The second kappa shape index (κ2) is 9.25. The zero-order chi connectivity index (χ0) is 18.3. The van der Waals surface area contributed by atoms with Crippen LogP contribution >= 0.6 is 11.6 Å². The van der Waals surface area contributed by atoms with Gasteiger partial charge in [0.25, 0.3) is 0 Å². The van der Waals surface area contributed by atoms with E-state index in [9.17, 15) is 18.0 Å². The Morgan fingerprint density at radius 3 is 2.64 bits per heavy atom. The molecule has 1 aromatic carbocycles. The summed E-state index contributed by atoms with van der Waals surface area (Å²) in [5.41, 5.74) is -0.626. The van der Waals surface area contributed by atoms with Gasteiger partial charge in [0, 0.05) is 12.6 Å². The van der Waals surface area contributed by atoms with Gasteiger partial charge in [-0.15, -0.1) is 0 Å². The third-order valence-electron chi connectivity index (χ3n) is 4.12. The molecule has 1 aromatic rings. The summed E-state index contributed by atoms with van der Waals surface area (Å²) in [5.74, 6) is -0.317. The fraction of sp³-hybridized carbons (Fsp3) is 0.500. The predicted molar refractivity (Wildman–Crippen MR) is 93.4 cm³/mol. The first kappa shape index (κ1) is 19.8. The van der Waals surface area contributed by atoms with E-state index in [-0.39, 0.29) is 16.5 Å². The van der Waals surface area contributed by atoms with Crippen molar-refractivity contribution in [2.45, 2.75) is 31.9 Å². The predicted octanol–water partition coefficient (Wildman–Crippen LogP) is 4.36. The smallest absolute Gasteiger partial charge is 0.353 e. The van der Waals surface area contributed by atoms with Gasteiger partial charge in [-0.3, -0.25) is 4.79 Å². The molecule has 0 aliphatic carbocycles. The van der Waals surface area contributed by atoms with Gasteiger partial charge >= 0.3 is 6.18 Å². The van der Waals surface area contributed by atoms with Gasteiger partial charge in [-0.1, -0.05) is 24.1 Å². The highest BCUT2D eigenvalue weighted by Gasteiger charge is 2.33. The van der Waals surface area contributed by atoms with Crippen LogP contribution in [0.25, 0.3) is 6.08 Å². The number of nitrogens with zero attached hydrogens (tertiary/aromatic N) is 1. The van der Waals surface area contributed by atoms with Gasteiger partial charge in [-0.2, -0.15) is 13.2 Å². The summed E-state index contributed by atoms with van der Waals surface area (Å²) >= 11 is 5.56. The lowest BCUT2D eigenvalue weighted by Crippen LogP contribution is -2.33. The number of hydrogen-bond donors (Lipinski definition) is 1. The number of piperidine rings is 1. The molecule has 2 rings (SSSR count). The van der Waals surface area contributed by atoms with Crippen LogP contribution in [0, 0.1) is 0 Å². The van der Waals surface area contributed by atoms with Crippen LogP contribution in [0.1, 0.15) is 36.8 Å². The number of hydrogen-bond acceptors (Lipinski definition) is 2. The minimum absolute atomic E-state index is 0.278. The molecule has 0 saturated carbocycles. The number of carbonyl (C=O) groups excluding carboxylic acids is 1. The van der Waals surface area contributed by atoms with E-state index < -0.39 is 11.7 Å². The van der Waals surface area contributed by atoms with Gasteiger partial charge < -0.3 is 10.2 Å². The number of alkyl halides is 3. The Bertz CT molecular complexity index is 611. The Kier molecular flexibility index (Phi) is 7.32. The fourth-order valence-corrected chi connectivity index (χ4v) is 3.02. The monoisotopic (exact) mass is 374 g/mol. The maximum absolute atomic E-state index is 12.8. The van der Waals surface area contributed by atoms with Gasteiger partial charge in [0.1, 0.15) is 0 Å². The third kappa shape index (κ3) is 6.71. The molecular weight excluding hydrogens is 353 g/mol. The molecule has 25 heavy (non-hydrogen) atoms. The van der Waals surface area contributed by atoms with E-state index in [1.807, 2.05) is 0 Å². The largest absolute Gasteiger partial charge is 0.417 e. The van der Waals surface area contributed by atoms with Gasteiger partial charge in [-0.25, -0.2) is 0 Å². The number of amides is 1. The van der Waals surface area contributed by atoms with Crippen molar-refractivity contribution in [3.8, 4) is 0 Å². The molecule has 1 saturated heterocycles. The molecule has 1 N–H and O–H groups in total. The molecule has 0 bridgehead atoms. The molecule has 0 atom stereocenters. The van der Waals surface area contributed by atoms with Crippen LogP contribution in [-0.2, 0) is 11.0 Å². The average Bonchev–Trinajstić information content (AvgIpc) is 2.58. The van der Waals surface area contributed by atoms with E-state index in [4.69, 9.17) is 11.6 Å². The van der Waals surface area contributed by atoms with Crippen LogP contribution in [0.15, 0.2) is 24.3 Å². The van der Waals surface area contributed by atoms with E-state index in [0.717, 1.165) is 32.1 Å². The van der Waals surface area contributed by atoms with E-state index in [0.29, 0.717) is 6.54 Å². The molecule has 138 valence electrons. The lowest BCUT2D eigenvalue weighted by atomic mass is 10.1. The molecule has 1 heterocycles. The number of carbonyl (C=O) groups is 1. The number of halogens is 4. The van der Waals surface area contributed by atoms with Gasteiger partial charge in [0.05, 0.1) is 10.6 Å². The molecule has 0 aromatic heterocycles. The van der Waals surface area contributed by atoms with Gasteiger partial charge in [0.2, 0.25) is 5.91 Å². The Balaban J connectivity index is 1.78. The highest BCUT2D eigenvalue weighted by molar-refractivity contribution is 6.31. The molecule has 0 radical (unpaired) electrons. The Labute approximate surface area is 150 Å². The summed E-state index contributed by atoms with van der Waals surface area (Å²) in [4.78, 5) is 14.1. The summed E-state index contributed by atoms with van der Waals surface area (Å²) < 4.78 is 38.4. The average molecular weight is 375 g/mol. The van der Waals surface area contributed by atoms with Gasteiger partial charge in [0.15, 0.2) is 0 Å². The normalized spacial score (nSPS) is 16.3. The van der Waals surface area contributed by atoms with Crippen molar-refractivity contribution in [3.05, 3.63) is 40.4 Å².